The number of para-hydroxylation sites is 1. The van der Waals surface area contributed by atoms with Crippen molar-refractivity contribution in [2.75, 3.05) is 7.05 Å². The lowest BCUT2D eigenvalue weighted by Crippen LogP contribution is -2.25. The summed E-state index contributed by atoms with van der Waals surface area (Å²) in [6.07, 6.45) is 2.71. The molecule has 0 saturated carbocycles. The van der Waals surface area contributed by atoms with E-state index in [1.54, 1.807) is 6.33 Å². The molecule has 0 spiro atoms. The summed E-state index contributed by atoms with van der Waals surface area (Å²) in [4.78, 5) is 2.23. The number of aromatic nitrogens is 3. The quantitative estimate of drug-likeness (QED) is 0.864. The van der Waals surface area contributed by atoms with E-state index >= 15 is 0 Å². The van der Waals surface area contributed by atoms with Gasteiger partial charge in [-0.2, -0.15) is 0 Å². The highest BCUT2D eigenvalue weighted by molar-refractivity contribution is 5.45. The van der Waals surface area contributed by atoms with Gasteiger partial charge >= 0.3 is 0 Å². The lowest BCUT2D eigenvalue weighted by molar-refractivity contribution is 0.135. The van der Waals surface area contributed by atoms with Crippen LogP contribution in [-0.4, -0.2) is 32.3 Å². The van der Waals surface area contributed by atoms with Crippen LogP contribution in [0.1, 0.15) is 30.8 Å². The Kier molecular flexibility index (Phi) is 3.45. The van der Waals surface area contributed by atoms with Gasteiger partial charge in [0.05, 0.1) is 6.54 Å². The Labute approximate surface area is 125 Å². The standard InChI is InChI=1S/C16H22N4O/c1-16(2)8-12-6-5-7-13(15(12)21-16)9-19(3)10-14-18-17-11-20(14)4/h5-7,11H,8-10H2,1-4H3. The Bertz CT molecular complexity index is 647. The third-order valence-corrected chi connectivity index (χ3v) is 3.83. The Morgan fingerprint density at radius 2 is 2.14 bits per heavy atom. The van der Waals surface area contributed by atoms with E-state index in [0.29, 0.717) is 0 Å². The number of fused-ring (bicyclic) bond motifs is 1. The first-order valence-electron chi connectivity index (χ1n) is 7.26. The van der Waals surface area contributed by atoms with Crippen molar-refractivity contribution >= 4 is 0 Å². The number of hydrogen-bond donors (Lipinski definition) is 0. The molecule has 0 N–H and O–H groups in total. The summed E-state index contributed by atoms with van der Waals surface area (Å²) in [6.45, 7) is 5.88. The van der Waals surface area contributed by atoms with Crippen LogP contribution in [0.4, 0.5) is 0 Å². The summed E-state index contributed by atoms with van der Waals surface area (Å²) in [5, 5.41) is 8.05. The molecule has 1 aromatic heterocycles. The second-order valence-electron chi connectivity index (χ2n) is 6.47. The van der Waals surface area contributed by atoms with Crippen LogP contribution >= 0.6 is 0 Å². The van der Waals surface area contributed by atoms with Gasteiger partial charge in [0.25, 0.3) is 0 Å². The van der Waals surface area contributed by atoms with Gasteiger partial charge in [0.2, 0.25) is 0 Å². The lowest BCUT2D eigenvalue weighted by Gasteiger charge is -2.20. The Balaban J connectivity index is 1.75. The summed E-state index contributed by atoms with van der Waals surface area (Å²) in [7, 11) is 4.06. The van der Waals surface area contributed by atoms with E-state index in [9.17, 15) is 0 Å². The highest BCUT2D eigenvalue weighted by Gasteiger charge is 2.31. The van der Waals surface area contributed by atoms with E-state index in [2.05, 4.69) is 54.2 Å². The average Bonchev–Trinajstić information content (AvgIpc) is 2.92. The molecule has 0 saturated heterocycles. The molecule has 21 heavy (non-hydrogen) atoms. The number of rotatable bonds is 4. The number of hydrogen-bond acceptors (Lipinski definition) is 4. The first-order valence-corrected chi connectivity index (χ1v) is 7.26. The minimum atomic E-state index is -0.0966. The van der Waals surface area contributed by atoms with Crippen LogP contribution < -0.4 is 4.74 Å². The zero-order valence-corrected chi connectivity index (χ0v) is 13.1. The molecule has 112 valence electrons. The van der Waals surface area contributed by atoms with Crippen LogP contribution in [0.5, 0.6) is 5.75 Å². The van der Waals surface area contributed by atoms with Gasteiger partial charge in [0, 0.05) is 25.6 Å². The molecular weight excluding hydrogens is 264 g/mol. The molecule has 0 atom stereocenters. The summed E-state index contributed by atoms with van der Waals surface area (Å²) in [5.41, 5.74) is 2.45. The molecule has 2 aromatic rings. The zero-order valence-electron chi connectivity index (χ0n) is 13.1. The van der Waals surface area contributed by atoms with Gasteiger partial charge in [0.1, 0.15) is 23.5 Å². The van der Waals surface area contributed by atoms with Crippen LogP contribution in [0.2, 0.25) is 0 Å². The monoisotopic (exact) mass is 286 g/mol. The van der Waals surface area contributed by atoms with Gasteiger partial charge in [-0.15, -0.1) is 10.2 Å². The van der Waals surface area contributed by atoms with Crippen LogP contribution in [0, 0.1) is 0 Å². The maximum Gasteiger partial charge on any atom is 0.146 e. The van der Waals surface area contributed by atoms with Gasteiger partial charge in [-0.25, -0.2) is 0 Å². The third kappa shape index (κ3) is 2.93. The zero-order chi connectivity index (χ0) is 15.0. The van der Waals surface area contributed by atoms with Crippen molar-refractivity contribution in [1.82, 2.24) is 19.7 Å². The van der Waals surface area contributed by atoms with E-state index in [1.165, 1.54) is 11.1 Å². The largest absolute Gasteiger partial charge is 0.487 e. The van der Waals surface area contributed by atoms with E-state index in [1.807, 2.05) is 11.6 Å². The maximum absolute atomic E-state index is 6.13. The smallest absolute Gasteiger partial charge is 0.146 e. The fourth-order valence-electron chi connectivity index (χ4n) is 2.84. The number of benzene rings is 1. The van der Waals surface area contributed by atoms with E-state index in [-0.39, 0.29) is 5.60 Å². The van der Waals surface area contributed by atoms with Crippen molar-refractivity contribution in [3.05, 3.63) is 41.5 Å². The SMILES string of the molecule is CN(Cc1cccc2c1OC(C)(C)C2)Cc1nncn1C. The van der Waals surface area contributed by atoms with Crippen molar-refractivity contribution in [3.8, 4) is 5.75 Å². The predicted molar refractivity (Wildman–Crippen MR) is 81.0 cm³/mol. The summed E-state index contributed by atoms with van der Waals surface area (Å²) in [6, 6.07) is 6.43. The van der Waals surface area contributed by atoms with Crippen molar-refractivity contribution in [1.29, 1.82) is 0 Å². The predicted octanol–water partition coefficient (Wildman–Crippen LogP) is 2.16. The highest BCUT2D eigenvalue weighted by Crippen LogP contribution is 2.37. The molecule has 2 heterocycles. The maximum atomic E-state index is 6.13. The third-order valence-electron chi connectivity index (χ3n) is 3.83. The molecule has 0 radical (unpaired) electrons. The molecule has 0 unspecified atom stereocenters. The van der Waals surface area contributed by atoms with Gasteiger partial charge in [0.15, 0.2) is 0 Å². The Morgan fingerprint density at radius 1 is 1.33 bits per heavy atom. The molecule has 5 heteroatoms. The topological polar surface area (TPSA) is 43.2 Å². The molecule has 0 amide bonds. The van der Waals surface area contributed by atoms with Gasteiger partial charge in [-0.1, -0.05) is 18.2 Å². The van der Waals surface area contributed by atoms with Crippen LogP contribution in [0.25, 0.3) is 0 Å². The van der Waals surface area contributed by atoms with Crippen molar-refractivity contribution in [2.24, 2.45) is 7.05 Å². The lowest BCUT2D eigenvalue weighted by atomic mass is 10.0. The second kappa shape index (κ2) is 5.15. The summed E-state index contributed by atoms with van der Waals surface area (Å²) < 4.78 is 8.08. The number of ether oxygens (including phenoxy) is 1. The van der Waals surface area contributed by atoms with Crippen LogP contribution in [-0.2, 0) is 26.6 Å². The van der Waals surface area contributed by atoms with Gasteiger partial charge in [-0.3, -0.25) is 4.90 Å². The normalized spacial score (nSPS) is 16.0. The molecule has 3 rings (SSSR count). The molecule has 5 nitrogen and oxygen atoms in total. The van der Waals surface area contributed by atoms with Gasteiger partial charge < -0.3 is 9.30 Å². The summed E-state index contributed by atoms with van der Waals surface area (Å²) >= 11 is 0. The first kappa shape index (κ1) is 14.1. The summed E-state index contributed by atoms with van der Waals surface area (Å²) in [5.74, 6) is 2.03. The van der Waals surface area contributed by atoms with Crippen molar-refractivity contribution in [3.63, 3.8) is 0 Å². The molecule has 1 aliphatic heterocycles. The Hall–Kier alpha value is -1.88. The van der Waals surface area contributed by atoms with Gasteiger partial charge in [-0.05, 0) is 26.5 Å². The fourth-order valence-corrected chi connectivity index (χ4v) is 2.84. The minimum absolute atomic E-state index is 0.0966. The molecule has 1 aliphatic rings. The average molecular weight is 286 g/mol. The number of nitrogens with zero attached hydrogens (tertiary/aromatic N) is 4. The molecule has 0 aliphatic carbocycles. The molecular formula is C16H22N4O. The van der Waals surface area contributed by atoms with Crippen LogP contribution in [0.15, 0.2) is 24.5 Å². The fraction of sp³-hybridized carbons (Fsp3) is 0.500. The Morgan fingerprint density at radius 3 is 2.86 bits per heavy atom. The van der Waals surface area contributed by atoms with E-state index in [4.69, 9.17) is 4.74 Å². The molecule has 0 bridgehead atoms. The van der Waals surface area contributed by atoms with Crippen molar-refractivity contribution in [2.45, 2.75) is 39.0 Å². The second-order valence-corrected chi connectivity index (χ2v) is 6.47. The first-order chi connectivity index (χ1) is 9.94. The molecule has 0 fully saturated rings. The van der Waals surface area contributed by atoms with Crippen LogP contribution in [0.3, 0.4) is 0 Å². The highest BCUT2D eigenvalue weighted by atomic mass is 16.5. The number of aryl methyl sites for hydroxylation is 1. The minimum Gasteiger partial charge on any atom is -0.487 e. The van der Waals surface area contributed by atoms with Crippen molar-refractivity contribution < 1.29 is 4.74 Å². The molecule has 1 aromatic carbocycles. The van der Waals surface area contributed by atoms with E-state index in [0.717, 1.165) is 31.1 Å². The van der Waals surface area contributed by atoms with E-state index < -0.39 is 0 Å².